The number of carbonyl (C=O) groups is 1. The van der Waals surface area contributed by atoms with E-state index in [1.165, 1.54) is 12.8 Å². The molecule has 1 rings (SSSR count). The highest BCUT2D eigenvalue weighted by atomic mass is 32.2. The zero-order chi connectivity index (χ0) is 12.5. The topological polar surface area (TPSA) is 55.1 Å². The van der Waals surface area contributed by atoms with Gasteiger partial charge in [-0.25, -0.2) is 0 Å². The first kappa shape index (κ1) is 14.8. The van der Waals surface area contributed by atoms with Crippen LogP contribution in [-0.2, 0) is 4.79 Å². The highest BCUT2D eigenvalue weighted by Gasteiger charge is 2.26. The molecule has 100 valence electrons. The lowest BCUT2D eigenvalue weighted by Crippen LogP contribution is -2.41. The summed E-state index contributed by atoms with van der Waals surface area (Å²) in [6.07, 6.45) is 6.59. The van der Waals surface area contributed by atoms with Crippen LogP contribution in [0.4, 0.5) is 0 Å². The SMILES string of the molecule is CCSCCCNC(=O)C1CCCCCC1N. The Morgan fingerprint density at radius 1 is 1.35 bits per heavy atom. The molecule has 3 N–H and O–H groups in total. The predicted octanol–water partition coefficient (Wildman–Crippen LogP) is 2.15. The molecule has 0 aromatic rings. The Kier molecular flexibility index (Phi) is 7.69. The second-order valence-electron chi connectivity index (χ2n) is 4.75. The van der Waals surface area contributed by atoms with Crippen molar-refractivity contribution in [2.45, 2.75) is 51.5 Å². The quantitative estimate of drug-likeness (QED) is 0.567. The van der Waals surface area contributed by atoms with E-state index >= 15 is 0 Å². The van der Waals surface area contributed by atoms with Crippen LogP contribution in [0.3, 0.4) is 0 Å². The summed E-state index contributed by atoms with van der Waals surface area (Å²) in [6, 6.07) is 0.0718. The van der Waals surface area contributed by atoms with E-state index in [9.17, 15) is 4.79 Å². The Hall–Kier alpha value is -0.220. The number of amides is 1. The lowest BCUT2D eigenvalue weighted by molar-refractivity contribution is -0.125. The molecule has 1 saturated carbocycles. The molecule has 0 aromatic carbocycles. The molecule has 0 radical (unpaired) electrons. The van der Waals surface area contributed by atoms with Gasteiger partial charge in [0, 0.05) is 12.6 Å². The molecule has 1 amide bonds. The zero-order valence-corrected chi connectivity index (χ0v) is 11.7. The summed E-state index contributed by atoms with van der Waals surface area (Å²) >= 11 is 1.92. The molecule has 0 aromatic heterocycles. The van der Waals surface area contributed by atoms with Crippen LogP contribution < -0.4 is 11.1 Å². The molecule has 1 aliphatic rings. The van der Waals surface area contributed by atoms with Gasteiger partial charge >= 0.3 is 0 Å². The fourth-order valence-corrected chi connectivity index (χ4v) is 2.96. The smallest absolute Gasteiger partial charge is 0.224 e. The van der Waals surface area contributed by atoms with Crippen LogP contribution >= 0.6 is 11.8 Å². The highest BCUT2D eigenvalue weighted by molar-refractivity contribution is 7.99. The summed E-state index contributed by atoms with van der Waals surface area (Å²) in [7, 11) is 0. The minimum atomic E-state index is 0.0522. The second kappa shape index (κ2) is 8.81. The minimum Gasteiger partial charge on any atom is -0.356 e. The first-order valence-electron chi connectivity index (χ1n) is 6.86. The number of nitrogens with one attached hydrogen (secondary N) is 1. The third kappa shape index (κ3) is 5.77. The number of carbonyl (C=O) groups excluding carboxylic acids is 1. The predicted molar refractivity (Wildman–Crippen MR) is 75.2 cm³/mol. The molecule has 0 saturated heterocycles. The normalized spacial score (nSPS) is 25.3. The van der Waals surface area contributed by atoms with E-state index in [1.807, 2.05) is 11.8 Å². The van der Waals surface area contributed by atoms with Crippen molar-refractivity contribution in [1.82, 2.24) is 5.32 Å². The third-order valence-electron chi connectivity index (χ3n) is 3.37. The average molecular weight is 258 g/mol. The van der Waals surface area contributed by atoms with Gasteiger partial charge in [-0.1, -0.05) is 26.2 Å². The Morgan fingerprint density at radius 3 is 2.88 bits per heavy atom. The molecule has 3 nitrogen and oxygen atoms in total. The Bertz CT molecular complexity index is 223. The van der Waals surface area contributed by atoms with Crippen molar-refractivity contribution in [3.8, 4) is 0 Å². The van der Waals surface area contributed by atoms with Crippen LogP contribution in [0.5, 0.6) is 0 Å². The molecule has 0 aliphatic heterocycles. The largest absolute Gasteiger partial charge is 0.356 e. The van der Waals surface area contributed by atoms with E-state index in [0.717, 1.165) is 43.7 Å². The monoisotopic (exact) mass is 258 g/mol. The summed E-state index contributed by atoms with van der Waals surface area (Å²) in [5, 5.41) is 3.04. The summed E-state index contributed by atoms with van der Waals surface area (Å²) in [5.41, 5.74) is 6.07. The summed E-state index contributed by atoms with van der Waals surface area (Å²) in [4.78, 5) is 12.0. The van der Waals surface area contributed by atoms with Gasteiger partial charge in [0.25, 0.3) is 0 Å². The highest BCUT2D eigenvalue weighted by Crippen LogP contribution is 2.22. The molecular formula is C13H26N2OS. The second-order valence-corrected chi connectivity index (χ2v) is 6.14. The van der Waals surface area contributed by atoms with Gasteiger partial charge in [0.15, 0.2) is 0 Å². The van der Waals surface area contributed by atoms with Crippen molar-refractivity contribution in [2.24, 2.45) is 11.7 Å². The first-order valence-corrected chi connectivity index (χ1v) is 8.02. The fraction of sp³-hybridized carbons (Fsp3) is 0.923. The van der Waals surface area contributed by atoms with Crippen molar-refractivity contribution in [2.75, 3.05) is 18.1 Å². The van der Waals surface area contributed by atoms with Crippen molar-refractivity contribution in [3.05, 3.63) is 0 Å². The number of hydrogen-bond acceptors (Lipinski definition) is 3. The molecule has 0 heterocycles. The van der Waals surface area contributed by atoms with Crippen molar-refractivity contribution in [1.29, 1.82) is 0 Å². The number of rotatable bonds is 6. The Morgan fingerprint density at radius 2 is 2.12 bits per heavy atom. The number of thioether (sulfide) groups is 1. The van der Waals surface area contributed by atoms with Crippen molar-refractivity contribution in [3.63, 3.8) is 0 Å². The third-order valence-corrected chi connectivity index (χ3v) is 4.36. The van der Waals surface area contributed by atoms with Crippen LogP contribution in [-0.4, -0.2) is 30.0 Å². The van der Waals surface area contributed by atoms with Gasteiger partial charge in [0.1, 0.15) is 0 Å². The van der Waals surface area contributed by atoms with Gasteiger partial charge in [-0.15, -0.1) is 0 Å². The minimum absolute atomic E-state index is 0.0522. The molecule has 0 bridgehead atoms. The number of hydrogen-bond donors (Lipinski definition) is 2. The summed E-state index contributed by atoms with van der Waals surface area (Å²) in [5.74, 6) is 2.52. The Labute approximate surface area is 109 Å². The average Bonchev–Trinajstić information content (AvgIpc) is 2.53. The van der Waals surface area contributed by atoms with E-state index in [4.69, 9.17) is 5.73 Å². The maximum Gasteiger partial charge on any atom is 0.224 e. The van der Waals surface area contributed by atoms with E-state index < -0.39 is 0 Å². The van der Waals surface area contributed by atoms with Gasteiger partial charge in [0.05, 0.1) is 5.92 Å². The van der Waals surface area contributed by atoms with Crippen LogP contribution in [0.2, 0.25) is 0 Å². The molecule has 1 aliphatic carbocycles. The Balaban J connectivity index is 2.20. The van der Waals surface area contributed by atoms with Gasteiger partial charge in [-0.2, -0.15) is 11.8 Å². The summed E-state index contributed by atoms with van der Waals surface area (Å²) in [6.45, 7) is 2.96. The van der Waals surface area contributed by atoms with Crippen LogP contribution in [0.1, 0.15) is 45.4 Å². The molecular weight excluding hydrogens is 232 g/mol. The van der Waals surface area contributed by atoms with Crippen LogP contribution in [0, 0.1) is 5.92 Å². The first-order chi connectivity index (χ1) is 8.25. The van der Waals surface area contributed by atoms with Crippen LogP contribution in [0.25, 0.3) is 0 Å². The van der Waals surface area contributed by atoms with E-state index in [0.29, 0.717) is 0 Å². The molecule has 2 unspecified atom stereocenters. The van der Waals surface area contributed by atoms with Gasteiger partial charge in [-0.3, -0.25) is 4.79 Å². The lowest BCUT2D eigenvalue weighted by atomic mass is 9.94. The van der Waals surface area contributed by atoms with Crippen molar-refractivity contribution >= 4 is 17.7 Å². The molecule has 1 fully saturated rings. The molecule has 2 atom stereocenters. The standard InChI is InChI=1S/C13H26N2OS/c1-2-17-10-6-9-15-13(16)11-7-4-3-5-8-12(11)14/h11-12H,2-10,14H2,1H3,(H,15,16). The summed E-state index contributed by atoms with van der Waals surface area (Å²) < 4.78 is 0. The van der Waals surface area contributed by atoms with Gasteiger partial charge < -0.3 is 11.1 Å². The fourth-order valence-electron chi connectivity index (χ4n) is 2.32. The zero-order valence-electron chi connectivity index (χ0n) is 10.9. The van der Waals surface area contributed by atoms with Gasteiger partial charge in [0.2, 0.25) is 5.91 Å². The molecule has 0 spiro atoms. The lowest BCUT2D eigenvalue weighted by Gasteiger charge is -2.20. The number of nitrogens with two attached hydrogens (primary N) is 1. The maximum absolute atomic E-state index is 12.0. The molecule has 4 heteroatoms. The van der Waals surface area contributed by atoms with E-state index in [-0.39, 0.29) is 17.9 Å². The maximum atomic E-state index is 12.0. The van der Waals surface area contributed by atoms with E-state index in [1.54, 1.807) is 0 Å². The van der Waals surface area contributed by atoms with Crippen molar-refractivity contribution < 1.29 is 4.79 Å². The van der Waals surface area contributed by atoms with Crippen LogP contribution in [0.15, 0.2) is 0 Å². The van der Waals surface area contributed by atoms with Gasteiger partial charge in [-0.05, 0) is 30.8 Å². The van der Waals surface area contributed by atoms with E-state index in [2.05, 4.69) is 12.2 Å². The molecule has 17 heavy (non-hydrogen) atoms.